The highest BCUT2D eigenvalue weighted by Gasteiger charge is 2.45. The van der Waals surface area contributed by atoms with Gasteiger partial charge < -0.3 is 4.74 Å². The van der Waals surface area contributed by atoms with E-state index in [4.69, 9.17) is 4.74 Å². The predicted octanol–water partition coefficient (Wildman–Crippen LogP) is 7.67. The zero-order valence-corrected chi connectivity index (χ0v) is 17.8. The van der Waals surface area contributed by atoms with E-state index < -0.39 is 24.4 Å². The molecule has 2 saturated carbocycles. The molecular formula is C23H40F4O. The van der Waals surface area contributed by atoms with Gasteiger partial charge in [-0.3, -0.25) is 0 Å². The summed E-state index contributed by atoms with van der Waals surface area (Å²) in [6.45, 7) is 4.56. The van der Waals surface area contributed by atoms with Crippen molar-refractivity contribution in [3.8, 4) is 0 Å². The molecule has 2 fully saturated rings. The number of halogens is 4. The lowest BCUT2D eigenvalue weighted by Crippen LogP contribution is -2.46. The Morgan fingerprint density at radius 2 is 1.50 bits per heavy atom. The first-order valence-electron chi connectivity index (χ1n) is 11.7. The van der Waals surface area contributed by atoms with Crippen LogP contribution in [0.15, 0.2) is 0 Å². The fourth-order valence-corrected chi connectivity index (χ4v) is 5.14. The molecule has 2 rings (SSSR count). The molecular weight excluding hydrogens is 368 g/mol. The first-order chi connectivity index (χ1) is 13.4. The van der Waals surface area contributed by atoms with Crippen LogP contribution in [0.4, 0.5) is 17.6 Å². The van der Waals surface area contributed by atoms with Gasteiger partial charge in [0.15, 0.2) is 6.17 Å². The van der Waals surface area contributed by atoms with Gasteiger partial charge in [0.05, 0.1) is 6.10 Å². The summed E-state index contributed by atoms with van der Waals surface area (Å²) in [5.74, 6) is -2.68. The summed E-state index contributed by atoms with van der Waals surface area (Å²) in [5, 5.41) is 0. The first kappa shape index (κ1) is 24.0. The van der Waals surface area contributed by atoms with E-state index >= 15 is 0 Å². The maximum atomic E-state index is 14.8. The second kappa shape index (κ2) is 11.8. The van der Waals surface area contributed by atoms with Gasteiger partial charge in [0, 0.05) is 19.4 Å². The number of hydrogen-bond donors (Lipinski definition) is 0. The SMILES string of the molecule is CCCCCC(F)(F)CC1CCC(C2CCC(OCCCC)C(F)C2F)CC1. The van der Waals surface area contributed by atoms with Gasteiger partial charge in [-0.15, -0.1) is 0 Å². The number of ether oxygens (including phenoxy) is 1. The van der Waals surface area contributed by atoms with Crippen molar-refractivity contribution in [2.75, 3.05) is 6.61 Å². The highest BCUT2D eigenvalue weighted by atomic mass is 19.3. The Bertz CT molecular complexity index is 423. The molecule has 5 heteroatoms. The van der Waals surface area contributed by atoms with E-state index in [0.29, 0.717) is 25.9 Å². The minimum Gasteiger partial charge on any atom is -0.375 e. The average molecular weight is 409 g/mol. The number of rotatable bonds is 11. The minimum absolute atomic E-state index is 0.0150. The van der Waals surface area contributed by atoms with Crippen LogP contribution in [0, 0.1) is 17.8 Å². The summed E-state index contributed by atoms with van der Waals surface area (Å²) < 4.78 is 63.1. The molecule has 2 aliphatic carbocycles. The average Bonchev–Trinajstić information content (AvgIpc) is 2.66. The largest absolute Gasteiger partial charge is 0.375 e. The minimum atomic E-state index is -2.58. The molecule has 0 amide bonds. The van der Waals surface area contributed by atoms with Crippen molar-refractivity contribution in [1.82, 2.24) is 0 Å². The maximum Gasteiger partial charge on any atom is 0.248 e. The van der Waals surface area contributed by atoms with Crippen molar-refractivity contribution in [2.24, 2.45) is 17.8 Å². The van der Waals surface area contributed by atoms with E-state index in [1.165, 1.54) is 0 Å². The van der Waals surface area contributed by atoms with E-state index in [2.05, 4.69) is 0 Å². The molecule has 2 aliphatic rings. The molecule has 0 aliphatic heterocycles. The van der Waals surface area contributed by atoms with Crippen LogP contribution in [0.2, 0.25) is 0 Å². The van der Waals surface area contributed by atoms with E-state index in [9.17, 15) is 17.6 Å². The van der Waals surface area contributed by atoms with Crippen LogP contribution in [0.5, 0.6) is 0 Å². The van der Waals surface area contributed by atoms with Crippen LogP contribution in [0.25, 0.3) is 0 Å². The van der Waals surface area contributed by atoms with Gasteiger partial charge in [0.1, 0.15) is 6.17 Å². The number of alkyl halides is 4. The molecule has 28 heavy (non-hydrogen) atoms. The van der Waals surface area contributed by atoms with Crippen molar-refractivity contribution in [1.29, 1.82) is 0 Å². The van der Waals surface area contributed by atoms with Crippen molar-refractivity contribution >= 4 is 0 Å². The second-order valence-electron chi connectivity index (χ2n) is 9.19. The summed E-state index contributed by atoms with van der Waals surface area (Å²) in [7, 11) is 0. The van der Waals surface area contributed by atoms with Crippen LogP contribution in [0.3, 0.4) is 0 Å². The Morgan fingerprint density at radius 1 is 0.821 bits per heavy atom. The molecule has 4 atom stereocenters. The van der Waals surface area contributed by atoms with Crippen LogP contribution in [-0.4, -0.2) is 31.0 Å². The Hall–Kier alpha value is -0.320. The Balaban J connectivity index is 1.75. The van der Waals surface area contributed by atoms with Crippen LogP contribution < -0.4 is 0 Å². The molecule has 0 aromatic carbocycles. The van der Waals surface area contributed by atoms with Gasteiger partial charge in [-0.05, 0) is 69.1 Å². The normalized spacial score (nSPS) is 34.5. The Morgan fingerprint density at radius 3 is 2.14 bits per heavy atom. The molecule has 0 saturated heterocycles. The molecule has 0 aromatic rings. The van der Waals surface area contributed by atoms with Crippen LogP contribution >= 0.6 is 0 Å². The van der Waals surface area contributed by atoms with E-state index in [-0.39, 0.29) is 30.6 Å². The van der Waals surface area contributed by atoms with Crippen molar-refractivity contribution < 1.29 is 22.3 Å². The zero-order chi connectivity index (χ0) is 20.6. The van der Waals surface area contributed by atoms with Gasteiger partial charge in [-0.1, -0.05) is 33.1 Å². The molecule has 0 radical (unpaired) electrons. The second-order valence-corrected chi connectivity index (χ2v) is 9.19. The van der Waals surface area contributed by atoms with E-state index in [1.54, 1.807) is 0 Å². The third kappa shape index (κ3) is 7.18. The monoisotopic (exact) mass is 408 g/mol. The molecule has 166 valence electrons. The topological polar surface area (TPSA) is 9.23 Å². The third-order valence-corrected chi connectivity index (χ3v) is 6.91. The standard InChI is InChI=1S/C23H40F4O/c1-3-5-7-14-23(26,27)16-17-8-10-18(11-9-17)19-12-13-20(22(25)21(19)24)28-15-6-4-2/h17-22H,3-16H2,1-2H3. The molecule has 0 N–H and O–H groups in total. The molecule has 1 nitrogen and oxygen atoms in total. The molecule has 4 unspecified atom stereocenters. The Labute approximate surface area is 169 Å². The van der Waals surface area contributed by atoms with Crippen molar-refractivity contribution in [3.05, 3.63) is 0 Å². The first-order valence-corrected chi connectivity index (χ1v) is 11.7. The Kier molecular flexibility index (Phi) is 10.1. The van der Waals surface area contributed by atoms with Crippen molar-refractivity contribution in [3.63, 3.8) is 0 Å². The lowest BCUT2D eigenvalue weighted by Gasteiger charge is -2.41. The fourth-order valence-electron chi connectivity index (χ4n) is 5.14. The fraction of sp³-hybridized carbons (Fsp3) is 1.00. The summed E-state index contributed by atoms with van der Waals surface area (Å²) in [6.07, 6.45) is 4.76. The zero-order valence-electron chi connectivity index (χ0n) is 17.8. The predicted molar refractivity (Wildman–Crippen MR) is 106 cm³/mol. The third-order valence-electron chi connectivity index (χ3n) is 6.91. The molecule has 0 bridgehead atoms. The summed E-state index contributed by atoms with van der Waals surface area (Å²) >= 11 is 0. The van der Waals surface area contributed by atoms with Crippen LogP contribution in [0.1, 0.15) is 97.3 Å². The van der Waals surface area contributed by atoms with Gasteiger partial charge in [0.25, 0.3) is 0 Å². The van der Waals surface area contributed by atoms with Crippen LogP contribution in [-0.2, 0) is 4.74 Å². The molecule has 0 spiro atoms. The van der Waals surface area contributed by atoms with E-state index in [1.807, 2.05) is 13.8 Å². The van der Waals surface area contributed by atoms with E-state index in [0.717, 1.165) is 51.4 Å². The van der Waals surface area contributed by atoms with Crippen molar-refractivity contribution in [2.45, 2.75) is 122 Å². The summed E-state index contributed by atoms with van der Waals surface area (Å²) in [4.78, 5) is 0. The number of hydrogen-bond acceptors (Lipinski definition) is 1. The molecule has 0 aromatic heterocycles. The quantitative estimate of drug-likeness (QED) is 0.252. The van der Waals surface area contributed by atoms with Gasteiger partial charge in [-0.2, -0.15) is 0 Å². The highest BCUT2D eigenvalue weighted by molar-refractivity contribution is 4.93. The molecule has 0 heterocycles. The van der Waals surface area contributed by atoms with Gasteiger partial charge >= 0.3 is 0 Å². The smallest absolute Gasteiger partial charge is 0.248 e. The summed E-state index contributed by atoms with van der Waals surface area (Å²) in [6, 6.07) is 0. The highest BCUT2D eigenvalue weighted by Crippen LogP contribution is 2.45. The van der Waals surface area contributed by atoms with Gasteiger partial charge in [0.2, 0.25) is 5.92 Å². The lowest BCUT2D eigenvalue weighted by molar-refractivity contribution is -0.0898. The maximum absolute atomic E-state index is 14.8. The number of unbranched alkanes of at least 4 members (excludes halogenated alkanes) is 3. The summed E-state index contributed by atoms with van der Waals surface area (Å²) in [5.41, 5.74) is 0. The van der Waals surface area contributed by atoms with Gasteiger partial charge in [-0.25, -0.2) is 17.6 Å². The lowest BCUT2D eigenvalue weighted by atomic mass is 9.68.